The predicted octanol–water partition coefficient (Wildman–Crippen LogP) is 10.7. The van der Waals surface area contributed by atoms with Gasteiger partial charge in [-0.1, -0.05) is 174 Å². The highest BCUT2D eigenvalue weighted by Gasteiger charge is 2.49. The molecule has 15 heteroatoms. The van der Waals surface area contributed by atoms with E-state index in [0.717, 1.165) is 128 Å². The number of hydrogen-bond acceptors (Lipinski definition) is 12. The fourth-order valence-corrected chi connectivity index (χ4v) is 9.98. The maximum atomic E-state index is 13.2. The van der Waals surface area contributed by atoms with Gasteiger partial charge in [-0.25, -0.2) is 0 Å². The van der Waals surface area contributed by atoms with Crippen molar-refractivity contribution in [1.29, 1.82) is 0 Å². The summed E-state index contributed by atoms with van der Waals surface area (Å²) in [6.07, 6.45) is 27.0. The van der Waals surface area contributed by atoms with Gasteiger partial charge >= 0.3 is 19.5 Å². The molecule has 0 aromatic carbocycles. The number of rotatable bonds is 44. The average Bonchev–Trinajstić information content (AvgIpc) is 3.27. The Kier molecular flexibility index (Phi) is 38.9. The third-order valence-electron chi connectivity index (χ3n) is 12.5. The maximum absolute atomic E-state index is 13.2. The van der Waals surface area contributed by atoms with Gasteiger partial charge in [0.25, 0.3) is 0 Å². The van der Waals surface area contributed by atoms with Crippen molar-refractivity contribution < 1.29 is 63.1 Å². The summed E-state index contributed by atoms with van der Waals surface area (Å²) in [6.45, 7) is 4.33. The lowest BCUT2D eigenvalue weighted by Crippen LogP contribution is -2.63. The summed E-state index contributed by atoms with van der Waals surface area (Å²) >= 11 is 0.981. The van der Waals surface area contributed by atoms with Gasteiger partial charge in [0, 0.05) is 30.7 Å². The highest BCUT2D eigenvalue weighted by atomic mass is 32.2. The average molecular weight is 967 g/mol. The van der Waals surface area contributed by atoms with Gasteiger partial charge in [-0.05, 0) is 63.4 Å². The third kappa shape index (κ3) is 34.0. The van der Waals surface area contributed by atoms with Crippen LogP contribution < -0.4 is 0 Å². The molecule has 65 heavy (non-hydrogen) atoms. The molecule has 0 aliphatic heterocycles. The van der Waals surface area contributed by atoms with E-state index in [-0.39, 0.29) is 42.8 Å². The Morgan fingerprint density at radius 3 is 1.42 bits per heavy atom. The highest BCUT2D eigenvalue weighted by Crippen LogP contribution is 2.36. The van der Waals surface area contributed by atoms with E-state index in [1.807, 2.05) is 0 Å². The predicted molar refractivity (Wildman–Crippen MR) is 262 cm³/mol. The second kappa shape index (κ2) is 40.8. The first-order valence-corrected chi connectivity index (χ1v) is 28.7. The molecule has 7 N–H and O–H groups in total. The molecule has 0 aromatic rings. The van der Waals surface area contributed by atoms with Crippen LogP contribution in [0.15, 0.2) is 12.2 Å². The molecule has 0 radical (unpaired) electrons. The lowest BCUT2D eigenvalue weighted by Gasteiger charge is -2.41. The van der Waals surface area contributed by atoms with Crippen LogP contribution in [0.3, 0.4) is 0 Å². The standard InChI is InChI=1S/C50H95O13PS/c1-3-5-7-9-11-19-24-28-32-36-43(51)61-40-41(62-44(52)37-33-29-25-20-12-10-8-6-4-2)39-42(65-63-50-48(56)46(54)45(53)47(55)49(50)57)35-31-27-23-21-17-15-13-14-16-18-22-26-30-34-38-64(58,59)60/h13,15,41-42,45-50,53-57H,3-12,14,16-40H2,1-2H3,(H2,58,59,60)/b15-13-/t41?,42?,45-,46-,47+,48-,49-,50-/m0/s1. The molecule has 8 atom stereocenters. The van der Waals surface area contributed by atoms with E-state index in [1.165, 1.54) is 70.6 Å². The molecule has 1 aliphatic rings. The van der Waals surface area contributed by atoms with E-state index in [2.05, 4.69) is 26.0 Å². The zero-order valence-corrected chi connectivity index (χ0v) is 42.4. The Hall–Kier alpha value is -1.06. The van der Waals surface area contributed by atoms with Crippen LogP contribution in [0.25, 0.3) is 0 Å². The molecular formula is C50H95O13PS. The van der Waals surface area contributed by atoms with Crippen LogP contribution in [-0.4, -0.2) is 108 Å². The molecule has 0 aromatic heterocycles. The normalized spacial score (nSPS) is 21.2. The Morgan fingerprint density at radius 1 is 0.538 bits per heavy atom. The van der Waals surface area contributed by atoms with Crippen molar-refractivity contribution in [1.82, 2.24) is 0 Å². The molecule has 1 aliphatic carbocycles. The van der Waals surface area contributed by atoms with Gasteiger partial charge in [0.1, 0.15) is 49.3 Å². The van der Waals surface area contributed by atoms with E-state index in [9.17, 15) is 39.7 Å². The smallest absolute Gasteiger partial charge is 0.325 e. The second-order valence-corrected chi connectivity index (χ2v) is 21.5. The minimum atomic E-state index is -3.88. The van der Waals surface area contributed by atoms with Crippen molar-refractivity contribution in [2.24, 2.45) is 0 Å². The van der Waals surface area contributed by atoms with Crippen molar-refractivity contribution in [2.45, 2.75) is 280 Å². The fraction of sp³-hybridized carbons (Fsp3) is 0.920. The molecular weight excluding hydrogens is 872 g/mol. The first-order valence-electron chi connectivity index (χ1n) is 26.1. The SMILES string of the molecule is CCCCCCCCCCCC(=O)OCC(CC(CCCCCC/C=C\CCCCCCCCP(=O)(O)O)SO[C@@H]1[C@@H](O)[C@H](O)[C@@H](O)[C@H](O)[C@@H]1O)OC(=O)CCCCCCCCCCC. The zero-order chi connectivity index (χ0) is 48.0. The number of allylic oxidation sites excluding steroid dienone is 2. The van der Waals surface area contributed by atoms with E-state index in [4.69, 9.17) is 23.4 Å². The van der Waals surface area contributed by atoms with E-state index >= 15 is 0 Å². The van der Waals surface area contributed by atoms with Crippen LogP contribution in [0.2, 0.25) is 0 Å². The molecule has 1 saturated carbocycles. The Labute approximate surface area is 398 Å². The summed E-state index contributed by atoms with van der Waals surface area (Å²) in [7, 11) is -3.88. The van der Waals surface area contributed by atoms with Gasteiger partial charge in [-0.2, -0.15) is 0 Å². The maximum Gasteiger partial charge on any atom is 0.325 e. The molecule has 1 fully saturated rings. The molecule has 384 valence electrons. The van der Waals surface area contributed by atoms with Gasteiger partial charge in [-0.15, -0.1) is 0 Å². The number of carbonyl (C=O) groups is 2. The first-order chi connectivity index (χ1) is 31.3. The van der Waals surface area contributed by atoms with Crippen LogP contribution in [0, 0.1) is 0 Å². The summed E-state index contributed by atoms with van der Waals surface area (Å²) in [4.78, 5) is 44.0. The third-order valence-corrected chi connectivity index (χ3v) is 14.4. The fourth-order valence-electron chi connectivity index (χ4n) is 8.28. The zero-order valence-electron chi connectivity index (χ0n) is 40.7. The number of hydrogen-bond donors (Lipinski definition) is 7. The van der Waals surface area contributed by atoms with Crippen molar-refractivity contribution >= 4 is 31.6 Å². The topological polar surface area (TPSA) is 221 Å². The second-order valence-electron chi connectivity index (χ2n) is 18.7. The largest absolute Gasteiger partial charge is 0.462 e. The van der Waals surface area contributed by atoms with E-state index in [0.29, 0.717) is 19.3 Å². The molecule has 0 spiro atoms. The van der Waals surface area contributed by atoms with Gasteiger partial charge < -0.3 is 49.0 Å². The van der Waals surface area contributed by atoms with E-state index < -0.39 is 50.3 Å². The van der Waals surface area contributed by atoms with Crippen LogP contribution in [0.5, 0.6) is 0 Å². The molecule has 1 rings (SSSR count). The number of carbonyl (C=O) groups excluding carboxylic acids is 2. The Balaban J connectivity index is 2.79. The lowest BCUT2D eigenvalue weighted by molar-refractivity contribution is -0.214. The van der Waals surface area contributed by atoms with Crippen LogP contribution in [0.4, 0.5) is 0 Å². The summed E-state index contributed by atoms with van der Waals surface area (Å²) in [5.74, 6) is -0.675. The van der Waals surface area contributed by atoms with E-state index in [1.54, 1.807) is 0 Å². The summed E-state index contributed by atoms with van der Waals surface area (Å²) < 4.78 is 28.6. The molecule has 2 unspecified atom stereocenters. The van der Waals surface area contributed by atoms with Crippen LogP contribution in [-0.2, 0) is 27.8 Å². The number of aliphatic hydroxyl groups excluding tert-OH is 5. The minimum absolute atomic E-state index is 0.0284. The van der Waals surface area contributed by atoms with Gasteiger partial charge in [0.2, 0.25) is 0 Å². The minimum Gasteiger partial charge on any atom is -0.462 e. The van der Waals surface area contributed by atoms with Crippen molar-refractivity contribution in [3.63, 3.8) is 0 Å². The van der Waals surface area contributed by atoms with Crippen molar-refractivity contribution in [3.05, 3.63) is 12.2 Å². The first kappa shape index (κ1) is 62.0. The summed E-state index contributed by atoms with van der Waals surface area (Å²) in [5, 5.41) is 51.8. The molecule has 0 heterocycles. The number of esters is 2. The number of ether oxygens (including phenoxy) is 2. The van der Waals surface area contributed by atoms with Gasteiger partial charge in [0.15, 0.2) is 0 Å². The monoisotopic (exact) mass is 967 g/mol. The molecule has 0 amide bonds. The molecule has 0 bridgehead atoms. The van der Waals surface area contributed by atoms with Crippen molar-refractivity contribution in [2.75, 3.05) is 12.8 Å². The summed E-state index contributed by atoms with van der Waals surface area (Å²) in [5.41, 5.74) is 0. The molecule has 0 saturated heterocycles. The lowest BCUT2D eigenvalue weighted by atomic mass is 9.85. The number of aliphatic hydroxyl groups is 5. The Bertz CT molecular complexity index is 1210. The summed E-state index contributed by atoms with van der Waals surface area (Å²) in [6, 6.07) is 0. The number of unbranched alkanes of at least 4 members (excludes halogenated alkanes) is 26. The molecule has 13 nitrogen and oxygen atoms in total. The Morgan fingerprint density at radius 2 is 0.938 bits per heavy atom. The highest BCUT2D eigenvalue weighted by molar-refractivity contribution is 7.95. The quantitative estimate of drug-likeness (QED) is 0.00993. The van der Waals surface area contributed by atoms with Gasteiger partial charge in [-0.3, -0.25) is 14.2 Å². The van der Waals surface area contributed by atoms with Gasteiger partial charge in [0.05, 0.1) is 0 Å². The van der Waals surface area contributed by atoms with Crippen molar-refractivity contribution in [3.8, 4) is 0 Å². The van der Waals surface area contributed by atoms with Crippen LogP contribution in [0.1, 0.15) is 232 Å². The van der Waals surface area contributed by atoms with Crippen LogP contribution >= 0.6 is 19.6 Å².